The van der Waals surface area contributed by atoms with Crippen LogP contribution in [0.1, 0.15) is 52.7 Å². The second-order valence-corrected chi connectivity index (χ2v) is 10.8. The van der Waals surface area contributed by atoms with Gasteiger partial charge in [0.25, 0.3) is 0 Å². The normalized spacial score (nSPS) is 17.3. The van der Waals surface area contributed by atoms with Gasteiger partial charge in [-0.15, -0.1) is 0 Å². The molecule has 1 aliphatic carbocycles. The zero-order valence-corrected chi connectivity index (χ0v) is 22.7. The molecule has 1 aromatic heterocycles. The fraction of sp³-hybridized carbons (Fsp3) is 0.273. The number of halogens is 1. The number of carboxylic acid groups (broad SMARTS) is 1. The van der Waals surface area contributed by atoms with Crippen LogP contribution in [-0.4, -0.2) is 22.2 Å². The lowest BCUT2D eigenvalue weighted by atomic mass is 9.88. The number of hydrogen-bond donors (Lipinski definition) is 1. The minimum atomic E-state index is -0.859. The molecule has 0 unspecified atom stereocenters. The van der Waals surface area contributed by atoms with E-state index >= 15 is 4.39 Å². The van der Waals surface area contributed by atoms with E-state index in [2.05, 4.69) is 26.0 Å². The van der Waals surface area contributed by atoms with Crippen LogP contribution in [0.15, 0.2) is 65.6 Å². The molecule has 204 valence electrons. The Morgan fingerprint density at radius 3 is 2.58 bits per heavy atom. The summed E-state index contributed by atoms with van der Waals surface area (Å²) in [5.41, 5.74) is 8.60. The second-order valence-electron chi connectivity index (χ2n) is 10.8. The number of nitrogens with zero attached hydrogens (tertiary/aromatic N) is 1. The van der Waals surface area contributed by atoms with E-state index in [4.69, 9.17) is 14.6 Å². The molecule has 0 fully saturated rings. The van der Waals surface area contributed by atoms with E-state index in [1.807, 2.05) is 30.5 Å². The van der Waals surface area contributed by atoms with Crippen molar-refractivity contribution in [3.05, 3.63) is 105 Å². The number of ether oxygens (including phenoxy) is 2. The number of carbonyl (C=O) groups is 1. The van der Waals surface area contributed by atoms with E-state index in [9.17, 15) is 9.59 Å². The van der Waals surface area contributed by atoms with Crippen molar-refractivity contribution in [3.63, 3.8) is 0 Å². The molecule has 1 aliphatic heterocycles. The van der Waals surface area contributed by atoms with Crippen molar-refractivity contribution in [1.82, 2.24) is 4.57 Å². The average molecular weight is 540 g/mol. The molecule has 6 nitrogen and oxygen atoms in total. The minimum Gasteiger partial charge on any atom is -0.492 e. The smallest absolute Gasteiger partial charge is 0.304 e. The highest BCUT2D eigenvalue weighted by Gasteiger charge is 2.32. The number of aromatic nitrogens is 1. The highest BCUT2D eigenvalue weighted by molar-refractivity contribution is 5.79. The van der Waals surface area contributed by atoms with Crippen LogP contribution < -0.4 is 15.0 Å². The van der Waals surface area contributed by atoms with Crippen LogP contribution in [-0.2, 0) is 18.3 Å². The van der Waals surface area contributed by atoms with Gasteiger partial charge in [-0.2, -0.15) is 0 Å². The van der Waals surface area contributed by atoms with Gasteiger partial charge in [-0.05, 0) is 83.8 Å². The summed E-state index contributed by atoms with van der Waals surface area (Å²) in [5, 5.41) is 9.16. The summed E-state index contributed by atoms with van der Waals surface area (Å²) in [5.74, 6) is -0.118. The summed E-state index contributed by atoms with van der Waals surface area (Å²) in [4.78, 5) is 23.0. The van der Waals surface area contributed by atoms with Crippen molar-refractivity contribution in [2.45, 2.75) is 45.1 Å². The molecular formula is C33H30FNO5. The predicted molar refractivity (Wildman–Crippen MR) is 151 cm³/mol. The van der Waals surface area contributed by atoms with Gasteiger partial charge in [0.15, 0.2) is 0 Å². The number of benzene rings is 3. The summed E-state index contributed by atoms with van der Waals surface area (Å²) >= 11 is 0. The fourth-order valence-electron chi connectivity index (χ4n) is 6.22. The molecule has 7 heteroatoms. The SMILES string of the molecule is Cc1cc(-c2ccc(=O)n(C)c2)cc(C)c1-c1ccc(F)c2c1CC[C@H]2Oc1ccc2c(c1)OC[C@H]2CC(=O)O. The third-order valence-corrected chi connectivity index (χ3v) is 8.07. The Hall–Kier alpha value is -4.39. The van der Waals surface area contributed by atoms with Crippen molar-refractivity contribution >= 4 is 5.97 Å². The maximum Gasteiger partial charge on any atom is 0.304 e. The molecule has 1 N–H and O–H groups in total. The van der Waals surface area contributed by atoms with E-state index in [1.54, 1.807) is 23.7 Å². The van der Waals surface area contributed by atoms with Crippen LogP contribution in [0.3, 0.4) is 0 Å². The van der Waals surface area contributed by atoms with Gasteiger partial charge in [0.1, 0.15) is 23.4 Å². The number of aryl methyl sites for hydroxylation is 3. The summed E-state index contributed by atoms with van der Waals surface area (Å²) in [6.07, 6.45) is 2.76. The first-order valence-electron chi connectivity index (χ1n) is 13.4. The third kappa shape index (κ3) is 4.55. The van der Waals surface area contributed by atoms with Crippen LogP contribution in [0.25, 0.3) is 22.3 Å². The largest absolute Gasteiger partial charge is 0.492 e. The van der Waals surface area contributed by atoms with Crippen molar-refractivity contribution in [3.8, 4) is 33.8 Å². The topological polar surface area (TPSA) is 77.8 Å². The van der Waals surface area contributed by atoms with E-state index < -0.39 is 12.1 Å². The number of rotatable bonds is 6. The van der Waals surface area contributed by atoms with Gasteiger partial charge in [-0.3, -0.25) is 9.59 Å². The summed E-state index contributed by atoms with van der Waals surface area (Å²) in [6, 6.07) is 16.5. The fourth-order valence-corrected chi connectivity index (χ4v) is 6.22. The number of hydrogen-bond acceptors (Lipinski definition) is 4. The molecule has 0 saturated heterocycles. The summed E-state index contributed by atoms with van der Waals surface area (Å²) < 4.78 is 28.9. The van der Waals surface area contributed by atoms with E-state index in [-0.39, 0.29) is 23.7 Å². The standard InChI is InChI=1S/C33H30FNO5/c1-18-12-21(20-4-11-30(36)35(3)16-20)13-19(2)32(18)25-7-9-27(34)33-26(25)8-10-28(33)40-23-5-6-24-22(14-31(37)38)17-39-29(24)15-23/h4-7,9,11-13,15-16,22,28H,8,10,14,17H2,1-3H3,(H,37,38)/t22-,28-/m1/s1. The minimum absolute atomic E-state index is 0.0159. The number of pyridine rings is 1. The molecule has 0 radical (unpaired) electrons. The molecule has 40 heavy (non-hydrogen) atoms. The van der Waals surface area contributed by atoms with Crippen LogP contribution in [0.4, 0.5) is 4.39 Å². The molecule has 2 aliphatic rings. The van der Waals surface area contributed by atoms with Gasteiger partial charge in [0.05, 0.1) is 13.0 Å². The van der Waals surface area contributed by atoms with Crippen LogP contribution in [0, 0.1) is 19.7 Å². The van der Waals surface area contributed by atoms with Gasteiger partial charge >= 0.3 is 5.97 Å². The van der Waals surface area contributed by atoms with Gasteiger partial charge in [0, 0.05) is 42.4 Å². The Morgan fingerprint density at radius 1 is 1.07 bits per heavy atom. The van der Waals surface area contributed by atoms with Crippen molar-refractivity contribution < 1.29 is 23.8 Å². The molecular weight excluding hydrogens is 509 g/mol. The number of aliphatic carboxylic acids is 1. The van der Waals surface area contributed by atoms with Gasteiger partial charge < -0.3 is 19.1 Å². The second kappa shape index (κ2) is 9.97. The molecule has 0 bridgehead atoms. The number of carboxylic acids is 1. The Labute approximate surface area is 231 Å². The van der Waals surface area contributed by atoms with Gasteiger partial charge in [-0.25, -0.2) is 4.39 Å². The molecule has 0 saturated carbocycles. The van der Waals surface area contributed by atoms with E-state index in [0.717, 1.165) is 44.5 Å². The van der Waals surface area contributed by atoms with Crippen LogP contribution >= 0.6 is 0 Å². The Bertz CT molecular complexity index is 1700. The zero-order valence-electron chi connectivity index (χ0n) is 22.7. The molecule has 0 amide bonds. The molecule has 3 aromatic carbocycles. The monoisotopic (exact) mass is 539 g/mol. The summed E-state index contributed by atoms with van der Waals surface area (Å²) in [7, 11) is 1.74. The van der Waals surface area contributed by atoms with Gasteiger partial charge in [0.2, 0.25) is 5.56 Å². The molecule has 6 rings (SSSR count). The zero-order chi connectivity index (χ0) is 28.1. The Morgan fingerprint density at radius 2 is 1.85 bits per heavy atom. The van der Waals surface area contributed by atoms with E-state index in [1.165, 1.54) is 6.07 Å². The quantitative estimate of drug-likeness (QED) is 0.303. The first kappa shape index (κ1) is 25.9. The summed E-state index contributed by atoms with van der Waals surface area (Å²) in [6.45, 7) is 4.46. The van der Waals surface area contributed by atoms with Crippen molar-refractivity contribution in [1.29, 1.82) is 0 Å². The average Bonchev–Trinajstić information content (AvgIpc) is 3.51. The highest BCUT2D eigenvalue weighted by Crippen LogP contribution is 2.45. The van der Waals surface area contributed by atoms with E-state index in [0.29, 0.717) is 36.5 Å². The Balaban J connectivity index is 1.31. The first-order chi connectivity index (χ1) is 19.2. The maximum absolute atomic E-state index is 15.3. The van der Waals surface area contributed by atoms with Crippen LogP contribution in [0.5, 0.6) is 11.5 Å². The first-order valence-corrected chi connectivity index (χ1v) is 13.4. The lowest BCUT2D eigenvalue weighted by Gasteiger charge is -2.19. The van der Waals surface area contributed by atoms with Crippen LogP contribution in [0.2, 0.25) is 0 Å². The molecule has 4 aromatic rings. The number of fused-ring (bicyclic) bond motifs is 2. The maximum atomic E-state index is 15.3. The van der Waals surface area contributed by atoms with Crippen molar-refractivity contribution in [2.75, 3.05) is 6.61 Å². The lowest BCUT2D eigenvalue weighted by Crippen LogP contribution is -2.13. The molecule has 0 spiro atoms. The molecule has 2 atom stereocenters. The predicted octanol–water partition coefficient (Wildman–Crippen LogP) is 6.49. The highest BCUT2D eigenvalue weighted by atomic mass is 19.1. The Kier molecular flexibility index (Phi) is 6.45. The lowest BCUT2D eigenvalue weighted by molar-refractivity contribution is -0.137. The van der Waals surface area contributed by atoms with Crippen molar-refractivity contribution in [2.24, 2.45) is 7.05 Å². The van der Waals surface area contributed by atoms with Gasteiger partial charge in [-0.1, -0.05) is 24.3 Å². The third-order valence-electron chi connectivity index (χ3n) is 8.07. The molecule has 2 heterocycles.